The first-order valence-electron chi connectivity index (χ1n) is 3.00. The lowest BCUT2D eigenvalue weighted by Gasteiger charge is -1.69. The molecule has 0 bridgehead atoms. The van der Waals surface area contributed by atoms with Crippen molar-refractivity contribution in [2.75, 3.05) is 0 Å². The first kappa shape index (κ1) is 11.1. The molecule has 0 radical (unpaired) electrons. The zero-order valence-electron chi connectivity index (χ0n) is 5.46. The number of rotatable bonds is 0. The Morgan fingerprint density at radius 2 is 0.667 bits per heavy atom. The molecule has 0 aliphatic heterocycles. The van der Waals surface area contributed by atoms with E-state index in [4.69, 9.17) is 0 Å². The van der Waals surface area contributed by atoms with Crippen molar-refractivity contribution in [1.29, 1.82) is 0 Å². The molecule has 0 spiro atoms. The van der Waals surface area contributed by atoms with Crippen LogP contribution in [0, 0.1) is 0 Å². The Morgan fingerprint density at radius 3 is 0.778 bits per heavy atom. The van der Waals surface area contributed by atoms with Crippen LogP contribution in [0.4, 0.5) is 0 Å². The summed E-state index contributed by atoms with van der Waals surface area (Å²) in [6.07, 6.45) is 0. The molecule has 52 valence electrons. The first-order valence-corrected chi connectivity index (χ1v) is 3.00. The van der Waals surface area contributed by atoms with Crippen molar-refractivity contribution in [2.45, 2.75) is 21.3 Å². The van der Waals surface area contributed by atoms with Gasteiger partial charge in [0, 0.05) is 0 Å². The zero-order chi connectivity index (χ0) is 6.24. The second kappa shape index (κ2) is 10.3. The predicted molar refractivity (Wildman–Crippen MR) is 44.5 cm³/mol. The summed E-state index contributed by atoms with van der Waals surface area (Å²) in [6.45, 7) is 4.00. The van der Waals surface area contributed by atoms with Crippen molar-refractivity contribution < 1.29 is 0 Å². The summed E-state index contributed by atoms with van der Waals surface area (Å²) in [6, 6.07) is 12.0. The highest BCUT2D eigenvalue weighted by Gasteiger charge is 1.57. The van der Waals surface area contributed by atoms with E-state index in [1.807, 2.05) is 50.2 Å². The quantitative estimate of drug-likeness (QED) is 0.497. The van der Waals surface area contributed by atoms with E-state index >= 15 is 0 Å². The van der Waals surface area contributed by atoms with Gasteiger partial charge in [0.05, 0.1) is 0 Å². The molecule has 0 atom stereocenters. The van der Waals surface area contributed by atoms with Gasteiger partial charge in [-0.25, -0.2) is 0 Å². The van der Waals surface area contributed by atoms with E-state index < -0.39 is 0 Å². The largest absolute Gasteiger partial charge is 0.0776 e. The fourth-order valence-corrected chi connectivity index (χ4v) is 0.385. The predicted octanol–water partition coefficient (Wildman–Crippen LogP) is 3.35. The Labute approximate surface area is 58.5 Å². The first-order chi connectivity index (χ1) is 4.00. The smallest absolute Gasteiger partial charge is 0.0623 e. The molecule has 0 N–H and O–H groups in total. The molecule has 0 aliphatic carbocycles. The van der Waals surface area contributed by atoms with Crippen LogP contribution in [0.2, 0.25) is 0 Å². The molecule has 0 fully saturated rings. The second-order valence-electron chi connectivity index (χ2n) is 1.15. The monoisotopic (exact) mass is 124 g/mol. The van der Waals surface area contributed by atoms with Crippen LogP contribution in [0.3, 0.4) is 0 Å². The second-order valence-corrected chi connectivity index (χ2v) is 1.15. The van der Waals surface area contributed by atoms with E-state index in [2.05, 4.69) is 0 Å². The van der Waals surface area contributed by atoms with Crippen molar-refractivity contribution >= 4 is 0 Å². The van der Waals surface area contributed by atoms with Gasteiger partial charge in [-0.2, -0.15) is 0 Å². The maximum Gasteiger partial charge on any atom is -0.0623 e. The molecule has 0 nitrogen and oxygen atoms in total. The lowest BCUT2D eigenvalue weighted by Crippen LogP contribution is -1.47. The normalized spacial score (nSPS) is 6.00. The van der Waals surface area contributed by atoms with Crippen LogP contribution >= 0.6 is 0 Å². The fraction of sp³-hybridized carbons (Fsp3) is 0.333. The molecule has 1 aromatic carbocycles. The summed E-state index contributed by atoms with van der Waals surface area (Å²) in [5.74, 6) is 0. The number of hydrogen-bond acceptors (Lipinski definition) is 0. The average Bonchev–Trinajstić information content (AvgIpc) is 1.96. The van der Waals surface area contributed by atoms with Gasteiger partial charge in [-0.05, 0) is 0 Å². The summed E-state index contributed by atoms with van der Waals surface area (Å²) in [4.78, 5) is 0. The molecule has 0 aromatic heterocycles. The Kier molecular flexibility index (Phi) is 12.6. The highest BCUT2D eigenvalue weighted by atomic mass is 13.6. The summed E-state index contributed by atoms with van der Waals surface area (Å²) < 4.78 is 0. The standard InChI is InChI=1S/C6H6.C2H6.CH4/c1-2-4-6-5-3-1;1-2;/h1-6H;1-2H3;1H4. The lowest BCUT2D eigenvalue weighted by molar-refractivity contribution is 1.50. The summed E-state index contributed by atoms with van der Waals surface area (Å²) in [5, 5.41) is 0. The molecule has 0 aliphatic rings. The number of benzene rings is 1. The topological polar surface area (TPSA) is 0 Å². The van der Waals surface area contributed by atoms with Crippen LogP contribution in [0.15, 0.2) is 36.4 Å². The highest BCUT2D eigenvalue weighted by Crippen LogP contribution is 1.79. The van der Waals surface area contributed by atoms with Crippen LogP contribution in [0.25, 0.3) is 0 Å². The fourth-order valence-electron chi connectivity index (χ4n) is 0.385. The molecule has 0 heterocycles. The molecule has 0 unspecified atom stereocenters. The van der Waals surface area contributed by atoms with E-state index in [-0.39, 0.29) is 7.43 Å². The molecular weight excluding hydrogens is 108 g/mol. The van der Waals surface area contributed by atoms with Gasteiger partial charge in [0.25, 0.3) is 0 Å². The van der Waals surface area contributed by atoms with Crippen LogP contribution in [0.1, 0.15) is 21.3 Å². The van der Waals surface area contributed by atoms with Gasteiger partial charge in [-0.3, -0.25) is 0 Å². The minimum atomic E-state index is 0. The third kappa shape index (κ3) is 7.22. The van der Waals surface area contributed by atoms with E-state index in [1.165, 1.54) is 0 Å². The SMILES string of the molecule is C.CC.c1ccccc1. The minimum Gasteiger partial charge on any atom is -0.0776 e. The number of hydrogen-bond donors (Lipinski definition) is 0. The Balaban J connectivity index is 0. The Hall–Kier alpha value is -0.780. The van der Waals surface area contributed by atoms with Gasteiger partial charge < -0.3 is 0 Å². The van der Waals surface area contributed by atoms with Gasteiger partial charge in [0.15, 0.2) is 0 Å². The van der Waals surface area contributed by atoms with E-state index in [0.29, 0.717) is 0 Å². The van der Waals surface area contributed by atoms with E-state index in [0.717, 1.165) is 0 Å². The zero-order valence-corrected chi connectivity index (χ0v) is 5.46. The molecule has 1 rings (SSSR count). The van der Waals surface area contributed by atoms with Crippen LogP contribution < -0.4 is 0 Å². The van der Waals surface area contributed by atoms with Crippen molar-refractivity contribution in [3.8, 4) is 0 Å². The summed E-state index contributed by atoms with van der Waals surface area (Å²) in [5.41, 5.74) is 0. The highest BCUT2D eigenvalue weighted by molar-refractivity contribution is 4.99. The van der Waals surface area contributed by atoms with E-state index in [1.54, 1.807) is 0 Å². The van der Waals surface area contributed by atoms with Gasteiger partial charge in [0.2, 0.25) is 0 Å². The van der Waals surface area contributed by atoms with Crippen molar-refractivity contribution in [2.24, 2.45) is 0 Å². The molecular formula is C9H16. The van der Waals surface area contributed by atoms with Crippen molar-refractivity contribution in [3.05, 3.63) is 36.4 Å². The average molecular weight is 124 g/mol. The molecule has 9 heavy (non-hydrogen) atoms. The minimum absolute atomic E-state index is 0. The molecule has 0 amide bonds. The third-order valence-corrected chi connectivity index (χ3v) is 0.667. The van der Waals surface area contributed by atoms with Gasteiger partial charge in [-0.15, -0.1) is 0 Å². The van der Waals surface area contributed by atoms with Crippen LogP contribution in [-0.2, 0) is 0 Å². The Bertz CT molecular complexity index is 72.0. The van der Waals surface area contributed by atoms with Crippen molar-refractivity contribution in [1.82, 2.24) is 0 Å². The third-order valence-electron chi connectivity index (χ3n) is 0.667. The maximum atomic E-state index is 2.00. The molecule has 0 saturated heterocycles. The van der Waals surface area contributed by atoms with Gasteiger partial charge in [-0.1, -0.05) is 57.7 Å². The molecule has 0 heteroatoms. The van der Waals surface area contributed by atoms with E-state index in [9.17, 15) is 0 Å². The summed E-state index contributed by atoms with van der Waals surface area (Å²) >= 11 is 0. The molecule has 0 saturated carbocycles. The Morgan fingerprint density at radius 1 is 0.556 bits per heavy atom. The van der Waals surface area contributed by atoms with Crippen LogP contribution in [0.5, 0.6) is 0 Å². The van der Waals surface area contributed by atoms with Crippen LogP contribution in [-0.4, -0.2) is 0 Å². The van der Waals surface area contributed by atoms with Gasteiger partial charge >= 0.3 is 0 Å². The molecule has 1 aromatic rings. The maximum absolute atomic E-state index is 2.00. The van der Waals surface area contributed by atoms with Crippen molar-refractivity contribution in [3.63, 3.8) is 0 Å². The summed E-state index contributed by atoms with van der Waals surface area (Å²) in [7, 11) is 0. The van der Waals surface area contributed by atoms with Gasteiger partial charge in [0.1, 0.15) is 0 Å². The lowest BCUT2D eigenvalue weighted by atomic mass is 10.4.